The van der Waals surface area contributed by atoms with Crippen LogP contribution in [-0.4, -0.2) is 54.3 Å². The number of rotatable bonds is 4. The van der Waals surface area contributed by atoms with E-state index in [2.05, 4.69) is 30.8 Å². The molecular formula is C17H18BrN3O4. The first-order valence-electron chi connectivity index (χ1n) is 8.02. The summed E-state index contributed by atoms with van der Waals surface area (Å²) in [6.07, 6.45) is 2.66. The zero-order valence-corrected chi connectivity index (χ0v) is 15.5. The molecule has 132 valence electrons. The van der Waals surface area contributed by atoms with Crippen LogP contribution in [0, 0.1) is 0 Å². The van der Waals surface area contributed by atoms with Gasteiger partial charge in [-0.3, -0.25) is 14.7 Å². The second-order valence-electron chi connectivity index (χ2n) is 6.28. The minimum Gasteiger partial charge on any atom is -0.463 e. The molecule has 7 nitrogen and oxygen atoms in total. The van der Waals surface area contributed by atoms with E-state index >= 15 is 0 Å². The zero-order chi connectivity index (χ0) is 17.6. The summed E-state index contributed by atoms with van der Waals surface area (Å²) in [5, 5.41) is 1.26. The van der Waals surface area contributed by atoms with E-state index in [-0.39, 0.29) is 23.7 Å². The number of furan rings is 1. The van der Waals surface area contributed by atoms with Gasteiger partial charge in [-0.15, -0.1) is 0 Å². The molecule has 1 aliphatic heterocycles. The lowest BCUT2D eigenvalue weighted by molar-refractivity contribution is 0.111. The van der Waals surface area contributed by atoms with E-state index in [0.717, 1.165) is 22.8 Å². The number of benzene rings is 1. The number of hydrogen-bond acceptors (Lipinski definition) is 6. The third kappa shape index (κ3) is 2.94. The molecule has 1 fully saturated rings. The predicted molar refractivity (Wildman–Crippen MR) is 97.2 cm³/mol. The monoisotopic (exact) mass is 407 g/mol. The smallest absolute Gasteiger partial charge is 0.297 e. The number of likely N-dealkylation sites (N-methyl/N-ethyl adjacent to an activating group) is 1. The van der Waals surface area contributed by atoms with Crippen LogP contribution in [0.5, 0.6) is 6.01 Å². The molecule has 1 N–H and O–H groups in total. The number of aromatic amines is 1. The lowest BCUT2D eigenvalue weighted by atomic mass is 10.2. The normalized spacial score (nSPS) is 21.4. The average Bonchev–Trinajstić information content (AvgIpc) is 3.19. The Morgan fingerprint density at radius 3 is 3.12 bits per heavy atom. The minimum atomic E-state index is -0.276. The van der Waals surface area contributed by atoms with Gasteiger partial charge in [0.1, 0.15) is 17.6 Å². The second kappa shape index (κ2) is 6.44. The first kappa shape index (κ1) is 16.6. The third-order valence-electron chi connectivity index (χ3n) is 4.73. The number of H-pyrrole nitrogens is 1. The van der Waals surface area contributed by atoms with Crippen LogP contribution in [0.25, 0.3) is 21.9 Å². The van der Waals surface area contributed by atoms with Crippen LogP contribution < -0.4 is 10.3 Å². The van der Waals surface area contributed by atoms with Crippen molar-refractivity contribution in [1.29, 1.82) is 0 Å². The minimum absolute atomic E-state index is 0.213. The van der Waals surface area contributed by atoms with Gasteiger partial charge >= 0.3 is 0 Å². The highest BCUT2D eigenvalue weighted by Gasteiger charge is 2.30. The largest absolute Gasteiger partial charge is 0.463 e. The highest BCUT2D eigenvalue weighted by atomic mass is 79.9. The number of likely N-dealkylation sites (tertiary alicyclic amines) is 1. The van der Waals surface area contributed by atoms with E-state index in [0.29, 0.717) is 23.1 Å². The second-order valence-corrected chi connectivity index (χ2v) is 7.14. The molecule has 2 atom stereocenters. The Hall–Kier alpha value is -1.90. The van der Waals surface area contributed by atoms with E-state index in [1.54, 1.807) is 19.4 Å². The van der Waals surface area contributed by atoms with Gasteiger partial charge in [0.15, 0.2) is 0 Å². The number of methoxy groups -OCH3 is 1. The van der Waals surface area contributed by atoms with Crippen molar-refractivity contribution in [3.05, 3.63) is 33.2 Å². The predicted octanol–water partition coefficient (Wildman–Crippen LogP) is 2.53. The first-order valence-corrected chi connectivity index (χ1v) is 8.81. The Balaban J connectivity index is 1.63. The zero-order valence-electron chi connectivity index (χ0n) is 13.9. The molecule has 1 saturated heterocycles. The number of halogens is 1. The Morgan fingerprint density at radius 1 is 1.52 bits per heavy atom. The first-order chi connectivity index (χ1) is 12.1. The van der Waals surface area contributed by atoms with Crippen LogP contribution in [0.4, 0.5) is 0 Å². The van der Waals surface area contributed by atoms with Crippen LogP contribution >= 0.6 is 15.9 Å². The van der Waals surface area contributed by atoms with Crippen molar-refractivity contribution in [2.24, 2.45) is 0 Å². The van der Waals surface area contributed by atoms with Crippen molar-refractivity contribution < 1.29 is 13.9 Å². The summed E-state index contributed by atoms with van der Waals surface area (Å²) in [6, 6.07) is 4.05. The Kier molecular flexibility index (Phi) is 4.26. The lowest BCUT2D eigenvalue weighted by Crippen LogP contribution is -2.31. The van der Waals surface area contributed by atoms with Crippen LogP contribution in [-0.2, 0) is 4.74 Å². The van der Waals surface area contributed by atoms with Gasteiger partial charge in [-0.2, -0.15) is 4.98 Å². The van der Waals surface area contributed by atoms with E-state index in [1.807, 2.05) is 13.1 Å². The molecule has 0 bridgehead atoms. The van der Waals surface area contributed by atoms with Crippen molar-refractivity contribution in [2.75, 3.05) is 27.3 Å². The Bertz CT molecular complexity index is 983. The number of fused-ring (bicyclic) bond motifs is 3. The molecule has 4 rings (SSSR count). The molecule has 2 aromatic heterocycles. The number of nitrogens with zero attached hydrogens (tertiary/aromatic N) is 2. The number of ether oxygens (including phenoxy) is 2. The molecule has 25 heavy (non-hydrogen) atoms. The molecule has 3 aromatic rings. The summed E-state index contributed by atoms with van der Waals surface area (Å²) < 4.78 is 17.5. The molecule has 0 saturated carbocycles. The fourth-order valence-corrected chi connectivity index (χ4v) is 3.85. The molecule has 0 spiro atoms. The Morgan fingerprint density at radius 2 is 2.36 bits per heavy atom. The highest BCUT2D eigenvalue weighted by molar-refractivity contribution is 9.10. The van der Waals surface area contributed by atoms with Crippen molar-refractivity contribution in [1.82, 2.24) is 14.9 Å². The topological polar surface area (TPSA) is 80.6 Å². The molecule has 0 radical (unpaired) electrons. The van der Waals surface area contributed by atoms with Crippen LogP contribution in [0.15, 0.2) is 32.1 Å². The van der Waals surface area contributed by atoms with Gasteiger partial charge in [-0.1, -0.05) is 0 Å². The number of nitrogens with one attached hydrogen (secondary N) is 1. The Labute approximate surface area is 152 Å². The third-order valence-corrected chi connectivity index (χ3v) is 5.39. The standard InChI is InChI=1S/C17H18BrN3O4/c1-21-7-10(23-2)5-9(21)8-25-17-19-13-6-12(18)11-3-4-24-15(11)14(13)16(22)20-17/h3-4,6,9-10H,5,7-8H2,1-2H3,(H,19,20,22)/t9-,10+/m0/s1. The van der Waals surface area contributed by atoms with E-state index in [9.17, 15) is 4.79 Å². The number of hydrogen-bond donors (Lipinski definition) is 1. The highest BCUT2D eigenvalue weighted by Crippen LogP contribution is 2.30. The van der Waals surface area contributed by atoms with Crippen molar-refractivity contribution in [2.45, 2.75) is 18.6 Å². The quantitative estimate of drug-likeness (QED) is 0.715. The van der Waals surface area contributed by atoms with Gasteiger partial charge in [0.05, 0.1) is 17.9 Å². The number of aromatic nitrogens is 2. The fourth-order valence-electron chi connectivity index (χ4n) is 3.32. The average molecular weight is 408 g/mol. The summed E-state index contributed by atoms with van der Waals surface area (Å²) in [6.45, 7) is 1.31. The summed E-state index contributed by atoms with van der Waals surface area (Å²) in [5.41, 5.74) is 0.771. The van der Waals surface area contributed by atoms with Crippen molar-refractivity contribution in [3.8, 4) is 6.01 Å². The van der Waals surface area contributed by atoms with Gasteiger partial charge < -0.3 is 13.9 Å². The maximum absolute atomic E-state index is 12.5. The molecule has 0 aliphatic carbocycles. The summed E-state index contributed by atoms with van der Waals surface area (Å²) >= 11 is 3.49. The maximum Gasteiger partial charge on any atom is 0.297 e. The van der Waals surface area contributed by atoms with Gasteiger partial charge in [0.25, 0.3) is 11.6 Å². The summed E-state index contributed by atoms with van der Waals surface area (Å²) in [5.74, 6) is 0. The molecule has 1 aromatic carbocycles. The van der Waals surface area contributed by atoms with Crippen LogP contribution in [0.3, 0.4) is 0 Å². The molecule has 0 amide bonds. The SMILES string of the molecule is CO[C@@H]1C[C@@H](COc2nc3cc(Br)c4ccoc4c3c(=O)[nH]2)N(C)C1. The maximum atomic E-state index is 12.5. The van der Waals surface area contributed by atoms with Gasteiger partial charge in [-0.05, 0) is 41.5 Å². The van der Waals surface area contributed by atoms with E-state index in [1.165, 1.54) is 0 Å². The van der Waals surface area contributed by atoms with E-state index < -0.39 is 0 Å². The van der Waals surface area contributed by atoms with Gasteiger partial charge in [0, 0.05) is 29.6 Å². The summed E-state index contributed by atoms with van der Waals surface area (Å²) in [7, 11) is 3.76. The van der Waals surface area contributed by atoms with Crippen molar-refractivity contribution >= 4 is 37.8 Å². The lowest BCUT2D eigenvalue weighted by Gasteiger charge is -2.18. The van der Waals surface area contributed by atoms with Crippen LogP contribution in [0.2, 0.25) is 0 Å². The molecular weight excluding hydrogens is 390 g/mol. The van der Waals surface area contributed by atoms with Crippen molar-refractivity contribution in [3.63, 3.8) is 0 Å². The van der Waals surface area contributed by atoms with Crippen LogP contribution in [0.1, 0.15) is 6.42 Å². The molecule has 8 heteroatoms. The molecule has 0 unspecified atom stereocenters. The fraction of sp³-hybridized carbons (Fsp3) is 0.412. The summed E-state index contributed by atoms with van der Waals surface area (Å²) in [4.78, 5) is 21.8. The van der Waals surface area contributed by atoms with Gasteiger partial charge in [0.2, 0.25) is 0 Å². The molecule has 1 aliphatic rings. The van der Waals surface area contributed by atoms with Gasteiger partial charge in [-0.25, -0.2) is 0 Å². The van der Waals surface area contributed by atoms with E-state index in [4.69, 9.17) is 13.9 Å². The molecule has 3 heterocycles.